The number of aromatic carboxylic acids is 1. The van der Waals surface area contributed by atoms with Gasteiger partial charge in [-0.1, -0.05) is 68.5 Å². The molecule has 1 saturated carbocycles. The lowest BCUT2D eigenvalue weighted by atomic mass is 9.84. The highest BCUT2D eigenvalue weighted by molar-refractivity contribution is 5.87. The van der Waals surface area contributed by atoms with Crippen molar-refractivity contribution in [1.82, 2.24) is 19.9 Å². The van der Waals surface area contributed by atoms with Crippen molar-refractivity contribution in [3.8, 4) is 5.82 Å². The van der Waals surface area contributed by atoms with Gasteiger partial charge in [0, 0.05) is 31.5 Å². The third-order valence-corrected chi connectivity index (χ3v) is 7.70. The summed E-state index contributed by atoms with van der Waals surface area (Å²) in [6.45, 7) is 7.91. The molecule has 0 radical (unpaired) electrons. The molecule has 0 saturated heterocycles. The lowest BCUT2D eigenvalue weighted by molar-refractivity contribution is -0.122. The topological polar surface area (TPSA) is 126 Å². The summed E-state index contributed by atoms with van der Waals surface area (Å²) in [6.07, 6.45) is 10.3. The van der Waals surface area contributed by atoms with Gasteiger partial charge in [-0.3, -0.25) is 4.79 Å². The summed E-state index contributed by atoms with van der Waals surface area (Å²) < 4.78 is 1.88. The van der Waals surface area contributed by atoms with Gasteiger partial charge in [0.1, 0.15) is 17.7 Å². The summed E-state index contributed by atoms with van der Waals surface area (Å²) in [4.78, 5) is 37.6. The number of nitrogens with zero attached hydrogens (tertiary/aromatic N) is 4. The van der Waals surface area contributed by atoms with Crippen LogP contribution in [0.15, 0.2) is 79.1 Å². The Bertz CT molecular complexity index is 1560. The molecule has 0 aliphatic heterocycles. The zero-order valence-electron chi connectivity index (χ0n) is 23.9. The first-order valence-corrected chi connectivity index (χ1v) is 14.6. The molecule has 4 aromatic rings. The molecule has 1 aliphatic carbocycles. The first-order chi connectivity index (χ1) is 21.0. The summed E-state index contributed by atoms with van der Waals surface area (Å²) in [7, 11) is 0. The average molecular weight is 578 g/mol. The molecule has 220 valence electrons. The fourth-order valence-corrected chi connectivity index (χ4v) is 5.32. The number of carbonyl (C=O) groups excluding carboxylic acids is 1. The van der Waals surface area contributed by atoms with Gasteiger partial charge in [0.05, 0.1) is 12.1 Å². The van der Waals surface area contributed by atoms with Crippen molar-refractivity contribution in [2.24, 2.45) is 5.92 Å². The molecule has 5 rings (SSSR count). The Hall–Kier alpha value is -5.17. The summed E-state index contributed by atoms with van der Waals surface area (Å²) in [5.74, 6) is 0.930. The summed E-state index contributed by atoms with van der Waals surface area (Å²) in [5.41, 5.74) is 2.60. The van der Waals surface area contributed by atoms with Crippen LogP contribution in [0.2, 0.25) is 0 Å². The smallest absolute Gasteiger partial charge is 0.335 e. The molecule has 2 aromatic carbocycles. The van der Waals surface area contributed by atoms with Gasteiger partial charge in [0.25, 0.3) is 0 Å². The van der Waals surface area contributed by atoms with Crippen molar-refractivity contribution >= 4 is 29.3 Å². The molecule has 0 unspecified atom stereocenters. The van der Waals surface area contributed by atoms with E-state index in [-0.39, 0.29) is 11.5 Å². The van der Waals surface area contributed by atoms with E-state index in [2.05, 4.69) is 25.8 Å². The Kier molecular flexibility index (Phi) is 9.64. The average Bonchev–Trinajstić information content (AvgIpc) is 3.59. The van der Waals surface area contributed by atoms with Crippen LogP contribution in [0.25, 0.3) is 10.7 Å². The van der Waals surface area contributed by atoms with Crippen LogP contribution < -0.4 is 16.0 Å². The lowest BCUT2D eigenvalue weighted by Gasteiger charge is -2.27. The molecule has 2 heterocycles. The number of carboxylic acid groups (broad SMARTS) is 1. The van der Waals surface area contributed by atoms with Crippen molar-refractivity contribution in [3.63, 3.8) is 0 Å². The number of benzene rings is 2. The Morgan fingerprint density at radius 2 is 1.63 bits per heavy atom. The second-order valence-electron chi connectivity index (χ2n) is 10.8. The molecule has 4 N–H and O–H groups in total. The van der Waals surface area contributed by atoms with Crippen molar-refractivity contribution in [1.29, 1.82) is 0 Å². The second-order valence-corrected chi connectivity index (χ2v) is 10.8. The van der Waals surface area contributed by atoms with Gasteiger partial charge in [0.15, 0.2) is 5.69 Å². The number of rotatable bonds is 12. The van der Waals surface area contributed by atoms with Gasteiger partial charge in [-0.15, -0.1) is 0 Å². The van der Waals surface area contributed by atoms with Gasteiger partial charge < -0.3 is 25.6 Å². The van der Waals surface area contributed by atoms with Crippen LogP contribution in [0.4, 0.5) is 17.5 Å². The van der Waals surface area contributed by atoms with Crippen LogP contribution in [0, 0.1) is 12.5 Å². The predicted octanol–water partition coefficient (Wildman–Crippen LogP) is 6.20. The van der Waals surface area contributed by atoms with Crippen LogP contribution in [-0.2, 0) is 17.9 Å². The maximum Gasteiger partial charge on any atom is 0.335 e. The number of amides is 1. The van der Waals surface area contributed by atoms with Gasteiger partial charge in [-0.2, -0.15) is 9.97 Å². The minimum Gasteiger partial charge on any atom is -0.478 e. The number of anilines is 2. The van der Waals surface area contributed by atoms with Crippen molar-refractivity contribution in [3.05, 3.63) is 107 Å². The number of nitrogens with one attached hydrogen (secondary N) is 3. The monoisotopic (exact) mass is 577 g/mol. The van der Waals surface area contributed by atoms with Crippen LogP contribution in [0.5, 0.6) is 0 Å². The molecule has 1 aliphatic rings. The highest BCUT2D eigenvalue weighted by atomic mass is 16.4. The first-order valence-electron chi connectivity index (χ1n) is 14.6. The van der Waals surface area contributed by atoms with E-state index in [1.807, 2.05) is 47.3 Å². The second kappa shape index (κ2) is 14.1. The number of carboxylic acids is 1. The van der Waals surface area contributed by atoms with E-state index in [1.54, 1.807) is 36.4 Å². The van der Waals surface area contributed by atoms with Gasteiger partial charge in [-0.25, -0.2) is 9.64 Å². The Labute approximate surface area is 251 Å². The van der Waals surface area contributed by atoms with E-state index >= 15 is 0 Å². The van der Waals surface area contributed by atoms with Crippen LogP contribution in [0.3, 0.4) is 0 Å². The molecule has 10 heteroatoms. The minimum absolute atomic E-state index is 0.103. The summed E-state index contributed by atoms with van der Waals surface area (Å²) in [6, 6.07) is 19.0. The molecule has 1 fully saturated rings. The van der Waals surface area contributed by atoms with E-state index in [1.165, 1.54) is 19.3 Å². The fourth-order valence-electron chi connectivity index (χ4n) is 5.32. The summed E-state index contributed by atoms with van der Waals surface area (Å²) >= 11 is 0. The quantitative estimate of drug-likeness (QED) is 0.148. The largest absolute Gasteiger partial charge is 0.478 e. The van der Waals surface area contributed by atoms with E-state index < -0.39 is 12.0 Å². The fraction of sp³-hybridized carbons (Fsp3) is 0.303. The SMILES string of the molecule is [C-]#[N+]c1ccc(CNC(=O)[C@@H](CC2CCCCC2)Nc2cc(-n3cccc3)nc(NCc3ccc(C(=O)O)cc3)n2)cc1. The van der Waals surface area contributed by atoms with Crippen molar-refractivity contribution < 1.29 is 14.7 Å². The minimum atomic E-state index is -0.970. The normalized spacial score (nSPS) is 13.9. The van der Waals surface area contributed by atoms with Gasteiger partial charge in [0.2, 0.25) is 11.9 Å². The Morgan fingerprint density at radius 1 is 0.953 bits per heavy atom. The molecule has 1 atom stereocenters. The number of hydrogen-bond acceptors (Lipinski definition) is 6. The molecule has 0 spiro atoms. The standard InChI is InChI=1S/C33H35N7O3/c1-34-27-15-11-25(12-16-27)21-35-31(41)28(19-23-7-3-2-4-8-23)37-29-20-30(40-17-5-6-18-40)39-33(38-29)36-22-24-9-13-26(14-10-24)32(42)43/h5-6,9-18,20,23,28H,2-4,7-8,19,21-22H2,(H,35,41)(H,42,43)(H2,36,37,38,39)/t28-/m1/s1. The van der Waals surface area contributed by atoms with Gasteiger partial charge >= 0.3 is 5.97 Å². The van der Waals surface area contributed by atoms with Crippen LogP contribution in [-0.4, -0.2) is 37.6 Å². The first kappa shape index (κ1) is 29.3. The Balaban J connectivity index is 1.35. The lowest BCUT2D eigenvalue weighted by Crippen LogP contribution is -2.41. The van der Waals surface area contributed by atoms with Crippen LogP contribution >= 0.6 is 0 Å². The molecular formula is C33H35N7O3. The maximum absolute atomic E-state index is 13.6. The molecular weight excluding hydrogens is 542 g/mol. The Morgan fingerprint density at radius 3 is 2.30 bits per heavy atom. The third-order valence-electron chi connectivity index (χ3n) is 7.70. The molecule has 0 bridgehead atoms. The van der Waals surface area contributed by atoms with E-state index in [0.29, 0.717) is 48.7 Å². The van der Waals surface area contributed by atoms with Crippen molar-refractivity contribution in [2.45, 2.75) is 57.7 Å². The number of carbonyl (C=O) groups is 2. The maximum atomic E-state index is 13.6. The zero-order chi connectivity index (χ0) is 30.0. The summed E-state index contributed by atoms with van der Waals surface area (Å²) in [5, 5.41) is 18.9. The predicted molar refractivity (Wildman–Crippen MR) is 165 cm³/mol. The molecule has 1 amide bonds. The van der Waals surface area contributed by atoms with E-state index in [0.717, 1.165) is 24.0 Å². The molecule has 10 nitrogen and oxygen atoms in total. The van der Waals surface area contributed by atoms with Gasteiger partial charge in [-0.05, 0) is 47.7 Å². The van der Waals surface area contributed by atoms with E-state index in [9.17, 15) is 14.7 Å². The van der Waals surface area contributed by atoms with E-state index in [4.69, 9.17) is 11.6 Å². The zero-order valence-corrected chi connectivity index (χ0v) is 23.9. The third kappa shape index (κ3) is 8.20. The molecule has 43 heavy (non-hydrogen) atoms. The number of aromatic nitrogens is 3. The highest BCUT2D eigenvalue weighted by Crippen LogP contribution is 2.28. The highest BCUT2D eigenvalue weighted by Gasteiger charge is 2.25. The van der Waals surface area contributed by atoms with Crippen molar-refractivity contribution in [2.75, 3.05) is 10.6 Å². The number of hydrogen-bond donors (Lipinski definition) is 4. The van der Waals surface area contributed by atoms with Crippen LogP contribution in [0.1, 0.15) is 60.0 Å². The molecule has 2 aromatic heterocycles.